The quantitative estimate of drug-likeness (QED) is 0.446. The van der Waals surface area contributed by atoms with Crippen molar-refractivity contribution < 1.29 is 18.0 Å². The number of nitrogens with zero attached hydrogens (tertiary/aromatic N) is 7. The summed E-state index contributed by atoms with van der Waals surface area (Å²) < 4.78 is 39.7. The molecule has 0 aliphatic carbocycles. The fourth-order valence-corrected chi connectivity index (χ4v) is 3.98. The maximum atomic E-state index is 13.0. The molecule has 1 amide bonds. The van der Waals surface area contributed by atoms with Crippen LogP contribution in [0.2, 0.25) is 5.02 Å². The Morgan fingerprint density at radius 3 is 2.71 bits per heavy atom. The molecular formula is C20H15ClF3N9O. The molecule has 0 bridgehead atoms. The van der Waals surface area contributed by atoms with Crippen LogP contribution < -0.4 is 11.1 Å². The van der Waals surface area contributed by atoms with Crippen LogP contribution in [0.25, 0.3) is 17.2 Å². The highest BCUT2D eigenvalue weighted by Crippen LogP contribution is 2.44. The van der Waals surface area contributed by atoms with Crippen LogP contribution in [0.3, 0.4) is 0 Å². The van der Waals surface area contributed by atoms with Gasteiger partial charge in [0.05, 0.1) is 28.2 Å². The van der Waals surface area contributed by atoms with Gasteiger partial charge >= 0.3 is 6.18 Å². The van der Waals surface area contributed by atoms with Gasteiger partial charge in [0, 0.05) is 19.0 Å². The summed E-state index contributed by atoms with van der Waals surface area (Å²) in [6.45, 7) is 1.64. The average molecular weight is 490 g/mol. The zero-order chi connectivity index (χ0) is 24.3. The highest BCUT2D eigenvalue weighted by molar-refractivity contribution is 6.30. The minimum absolute atomic E-state index is 0.00470. The summed E-state index contributed by atoms with van der Waals surface area (Å²) in [5.74, 6) is -0.254. The number of nitrogens with one attached hydrogen (secondary N) is 1. The Morgan fingerprint density at radius 1 is 1.21 bits per heavy atom. The molecule has 10 nitrogen and oxygen atoms in total. The van der Waals surface area contributed by atoms with E-state index in [1.807, 2.05) is 0 Å². The van der Waals surface area contributed by atoms with E-state index in [9.17, 15) is 18.0 Å². The Hall–Kier alpha value is -3.87. The number of hydrogen-bond acceptors (Lipinski definition) is 8. The number of pyridine rings is 1. The van der Waals surface area contributed by atoms with Gasteiger partial charge in [0.1, 0.15) is 29.1 Å². The fourth-order valence-electron chi connectivity index (χ4n) is 3.86. The summed E-state index contributed by atoms with van der Waals surface area (Å²) in [5, 5.41) is 7.09. The van der Waals surface area contributed by atoms with E-state index in [1.165, 1.54) is 23.2 Å². The van der Waals surface area contributed by atoms with Crippen molar-refractivity contribution in [2.24, 2.45) is 0 Å². The van der Waals surface area contributed by atoms with Gasteiger partial charge in [-0.05, 0) is 19.1 Å². The van der Waals surface area contributed by atoms with Gasteiger partial charge in [-0.15, -0.1) is 0 Å². The number of carbonyl (C=O) groups is 1. The number of anilines is 2. The molecule has 1 atom stereocenters. The van der Waals surface area contributed by atoms with Gasteiger partial charge in [-0.3, -0.25) is 9.78 Å². The summed E-state index contributed by atoms with van der Waals surface area (Å²) in [7, 11) is 0. The molecule has 0 aromatic carbocycles. The highest BCUT2D eigenvalue weighted by Gasteiger charge is 2.48. The third-order valence-electron chi connectivity index (χ3n) is 5.57. The van der Waals surface area contributed by atoms with Crippen LogP contribution in [0.15, 0.2) is 30.9 Å². The van der Waals surface area contributed by atoms with Crippen LogP contribution in [0.1, 0.15) is 30.3 Å². The number of alkyl halides is 3. The molecule has 0 saturated heterocycles. The third-order valence-corrected chi connectivity index (χ3v) is 5.79. The van der Waals surface area contributed by atoms with E-state index >= 15 is 0 Å². The average Bonchev–Trinajstić information content (AvgIpc) is 3.35. The summed E-state index contributed by atoms with van der Waals surface area (Å²) >= 11 is 5.92. The van der Waals surface area contributed by atoms with Crippen LogP contribution in [-0.2, 0) is 16.6 Å². The maximum Gasteiger partial charge on any atom is 0.389 e. The summed E-state index contributed by atoms with van der Waals surface area (Å²) in [4.78, 5) is 34.2. The second kappa shape index (κ2) is 7.58. The van der Waals surface area contributed by atoms with E-state index in [4.69, 9.17) is 17.3 Å². The molecule has 4 aromatic heterocycles. The number of rotatable bonds is 4. The molecule has 5 rings (SSSR count). The lowest BCUT2D eigenvalue weighted by Gasteiger charge is -2.22. The number of nitrogens with two attached hydrogens (primary N) is 1. The summed E-state index contributed by atoms with van der Waals surface area (Å²) in [6.07, 6.45) is -1.80. The number of hydrogen-bond donors (Lipinski definition) is 2. The molecule has 1 unspecified atom stereocenters. The Kier molecular flexibility index (Phi) is 4.90. The standard InChI is InChI=1S/C20H15ClF3N9O/c1-19(12-3-2-9(21)6-26-12)13-14(25)30-15(31-16(13)32-18(19)34)11-7-33-17(27-8-28-33)10(29-11)4-5-20(22,23)24/h2-3,6-8H,4-5H2,1H3,(H3,25,30,31,32,34). The molecule has 1 aliphatic heterocycles. The molecule has 3 N–H and O–H groups in total. The van der Waals surface area contributed by atoms with Crippen LogP contribution in [0.5, 0.6) is 0 Å². The van der Waals surface area contributed by atoms with E-state index in [-0.39, 0.29) is 34.5 Å². The number of halogens is 4. The first kappa shape index (κ1) is 21.9. The Bertz CT molecular complexity index is 1440. The van der Waals surface area contributed by atoms with Crippen molar-refractivity contribution in [2.75, 3.05) is 11.1 Å². The third kappa shape index (κ3) is 3.57. The largest absolute Gasteiger partial charge is 0.389 e. The van der Waals surface area contributed by atoms with Crippen molar-refractivity contribution in [1.29, 1.82) is 0 Å². The molecule has 0 radical (unpaired) electrons. The van der Waals surface area contributed by atoms with Gasteiger partial charge in [-0.25, -0.2) is 24.5 Å². The zero-order valence-electron chi connectivity index (χ0n) is 17.4. The lowest BCUT2D eigenvalue weighted by molar-refractivity contribution is -0.134. The SMILES string of the molecule is CC1(c2ccc(Cl)cn2)C(=O)Nc2nc(-c3cn4ncnc4c(CCC(F)(F)F)n3)nc(N)c21. The second-order valence-electron chi connectivity index (χ2n) is 7.81. The fraction of sp³-hybridized carbons (Fsp3) is 0.250. The van der Waals surface area contributed by atoms with Crippen LogP contribution in [0.4, 0.5) is 24.8 Å². The number of carbonyl (C=O) groups excluding carboxylic acids is 1. The van der Waals surface area contributed by atoms with Crippen LogP contribution >= 0.6 is 11.6 Å². The zero-order valence-corrected chi connectivity index (χ0v) is 18.2. The highest BCUT2D eigenvalue weighted by atomic mass is 35.5. The Morgan fingerprint density at radius 2 is 2.00 bits per heavy atom. The molecule has 4 aromatic rings. The Labute approximate surface area is 194 Å². The molecule has 0 spiro atoms. The topological polar surface area (TPSA) is 137 Å². The van der Waals surface area contributed by atoms with E-state index in [2.05, 4.69) is 35.3 Å². The predicted molar refractivity (Wildman–Crippen MR) is 115 cm³/mol. The van der Waals surface area contributed by atoms with Crippen molar-refractivity contribution in [3.8, 4) is 11.5 Å². The molecule has 34 heavy (non-hydrogen) atoms. The molecular weight excluding hydrogens is 475 g/mol. The lowest BCUT2D eigenvalue weighted by atomic mass is 9.81. The molecule has 14 heteroatoms. The first-order valence-corrected chi connectivity index (χ1v) is 10.3. The summed E-state index contributed by atoms with van der Waals surface area (Å²) in [6, 6.07) is 3.21. The van der Waals surface area contributed by atoms with E-state index < -0.39 is 30.3 Å². The van der Waals surface area contributed by atoms with Crippen LogP contribution in [-0.4, -0.2) is 46.6 Å². The lowest BCUT2D eigenvalue weighted by Crippen LogP contribution is -2.33. The van der Waals surface area contributed by atoms with Gasteiger partial charge in [0.25, 0.3) is 0 Å². The second-order valence-corrected chi connectivity index (χ2v) is 8.25. The van der Waals surface area contributed by atoms with Gasteiger partial charge in [-0.2, -0.15) is 18.3 Å². The van der Waals surface area contributed by atoms with Crippen molar-refractivity contribution in [3.63, 3.8) is 0 Å². The molecule has 174 valence electrons. The van der Waals surface area contributed by atoms with Gasteiger partial charge in [-0.1, -0.05) is 11.6 Å². The maximum absolute atomic E-state index is 13.0. The van der Waals surface area contributed by atoms with Gasteiger partial charge in [0.2, 0.25) is 5.91 Å². The van der Waals surface area contributed by atoms with Crippen molar-refractivity contribution in [1.82, 2.24) is 34.5 Å². The normalized spacial score (nSPS) is 17.7. The van der Waals surface area contributed by atoms with E-state index in [0.29, 0.717) is 16.3 Å². The monoisotopic (exact) mass is 489 g/mol. The van der Waals surface area contributed by atoms with E-state index in [0.717, 1.165) is 0 Å². The minimum Gasteiger partial charge on any atom is -0.383 e. The smallest absolute Gasteiger partial charge is 0.383 e. The number of amides is 1. The van der Waals surface area contributed by atoms with Crippen molar-refractivity contribution in [2.45, 2.75) is 31.4 Å². The van der Waals surface area contributed by atoms with Crippen molar-refractivity contribution in [3.05, 3.63) is 52.8 Å². The number of fused-ring (bicyclic) bond motifs is 2. The first-order chi connectivity index (χ1) is 16.1. The van der Waals surface area contributed by atoms with E-state index in [1.54, 1.807) is 19.1 Å². The molecule has 1 aliphatic rings. The number of aryl methyl sites for hydroxylation is 1. The molecule has 0 fully saturated rings. The number of aromatic nitrogens is 7. The van der Waals surface area contributed by atoms with Crippen molar-refractivity contribution >= 4 is 34.8 Å². The predicted octanol–water partition coefficient (Wildman–Crippen LogP) is 2.96. The number of nitrogen functional groups attached to an aromatic ring is 1. The minimum atomic E-state index is -4.37. The summed E-state index contributed by atoms with van der Waals surface area (Å²) in [5.41, 5.74) is 6.10. The van der Waals surface area contributed by atoms with Crippen LogP contribution in [0, 0.1) is 0 Å². The first-order valence-electron chi connectivity index (χ1n) is 9.94. The van der Waals surface area contributed by atoms with Gasteiger partial charge < -0.3 is 11.1 Å². The molecule has 0 saturated carbocycles. The van der Waals surface area contributed by atoms with Gasteiger partial charge in [0.15, 0.2) is 11.5 Å². The Balaban J connectivity index is 1.60. The molecule has 5 heterocycles.